The molecule has 2 N–H and O–H groups in total. The first-order valence-electron chi connectivity index (χ1n) is 7.41. The number of hydrogen-bond acceptors (Lipinski definition) is 4. The van der Waals surface area contributed by atoms with Crippen LogP contribution in [0.15, 0.2) is 58.7 Å². The van der Waals surface area contributed by atoms with Crippen LogP contribution in [0.2, 0.25) is 0 Å². The summed E-state index contributed by atoms with van der Waals surface area (Å²) >= 11 is 0. The molecule has 0 radical (unpaired) electrons. The Balaban J connectivity index is 2.03. The molecule has 1 atom stereocenters. The molecule has 1 aromatic carbocycles. The first kappa shape index (κ1) is 16.8. The topological polar surface area (TPSA) is 71.7 Å². The van der Waals surface area contributed by atoms with Gasteiger partial charge in [0.15, 0.2) is 0 Å². The zero-order valence-corrected chi connectivity index (χ0v) is 13.3. The molecule has 1 amide bonds. The second-order valence-corrected chi connectivity index (χ2v) is 5.34. The number of benzene rings is 1. The van der Waals surface area contributed by atoms with Gasteiger partial charge in [0.2, 0.25) is 0 Å². The van der Waals surface area contributed by atoms with E-state index in [1.165, 1.54) is 11.8 Å². The summed E-state index contributed by atoms with van der Waals surface area (Å²) in [5.41, 5.74) is 1.63. The number of aliphatic hydroxyl groups is 1. The van der Waals surface area contributed by atoms with Crippen LogP contribution in [-0.2, 0) is 0 Å². The third kappa shape index (κ3) is 5.00. The molecule has 0 aliphatic heterocycles. The summed E-state index contributed by atoms with van der Waals surface area (Å²) in [6, 6.07) is 9.76. The molecule has 1 aromatic heterocycles. The zero-order chi connectivity index (χ0) is 16.7. The second-order valence-electron chi connectivity index (χ2n) is 5.34. The molecule has 23 heavy (non-hydrogen) atoms. The summed E-state index contributed by atoms with van der Waals surface area (Å²) in [7, 11) is 0. The molecule has 122 valence electrons. The Morgan fingerprint density at radius 1 is 1.35 bits per heavy atom. The van der Waals surface area contributed by atoms with E-state index < -0.39 is 6.04 Å². The smallest absolute Gasteiger partial charge is 0.252 e. The fraction of sp³-hybridized carbons (Fsp3) is 0.278. The lowest BCUT2D eigenvalue weighted by molar-refractivity contribution is 0.0907. The van der Waals surface area contributed by atoms with E-state index in [4.69, 9.17) is 9.15 Å². The molecule has 0 fully saturated rings. The highest BCUT2D eigenvalue weighted by atomic mass is 16.5. The van der Waals surface area contributed by atoms with E-state index in [0.29, 0.717) is 23.7 Å². The number of amides is 1. The van der Waals surface area contributed by atoms with Crippen LogP contribution in [0.5, 0.6) is 5.75 Å². The fourth-order valence-electron chi connectivity index (χ4n) is 1.97. The van der Waals surface area contributed by atoms with E-state index in [1.54, 1.807) is 36.4 Å². The average Bonchev–Trinajstić information content (AvgIpc) is 3.06. The number of carbonyl (C=O) groups excluding carboxylic acids is 1. The number of rotatable bonds is 7. The SMILES string of the molecule is CC(C)=CCOc1cccc(C(=O)NC(CO)c2ccco2)c1. The molecule has 0 bridgehead atoms. The Hall–Kier alpha value is -2.53. The second kappa shape index (κ2) is 8.19. The van der Waals surface area contributed by atoms with Crippen LogP contribution >= 0.6 is 0 Å². The minimum atomic E-state index is -0.576. The minimum Gasteiger partial charge on any atom is -0.490 e. The Bertz CT molecular complexity index is 657. The normalized spacial score (nSPS) is 11.6. The minimum absolute atomic E-state index is 0.240. The Kier molecular flexibility index (Phi) is 6.00. The first-order chi connectivity index (χ1) is 11.1. The maximum absolute atomic E-state index is 12.3. The van der Waals surface area contributed by atoms with Gasteiger partial charge >= 0.3 is 0 Å². The molecular weight excluding hydrogens is 294 g/mol. The van der Waals surface area contributed by atoms with Gasteiger partial charge in [-0.2, -0.15) is 0 Å². The molecule has 2 aromatic rings. The predicted molar refractivity (Wildman–Crippen MR) is 87.4 cm³/mol. The standard InChI is InChI=1S/C18H21NO4/c1-13(2)8-10-22-15-6-3-5-14(11-15)18(21)19-16(12-20)17-7-4-9-23-17/h3-9,11,16,20H,10,12H2,1-2H3,(H,19,21). The molecule has 0 aliphatic carbocycles. The van der Waals surface area contributed by atoms with E-state index in [-0.39, 0.29) is 12.5 Å². The van der Waals surface area contributed by atoms with E-state index >= 15 is 0 Å². The molecule has 0 spiro atoms. The summed E-state index contributed by atoms with van der Waals surface area (Å²) in [5, 5.41) is 12.1. The van der Waals surface area contributed by atoms with Crippen molar-refractivity contribution in [3.05, 3.63) is 65.6 Å². The summed E-state index contributed by atoms with van der Waals surface area (Å²) in [4.78, 5) is 12.3. The quantitative estimate of drug-likeness (QED) is 0.770. The Labute approximate surface area is 135 Å². The van der Waals surface area contributed by atoms with Crippen LogP contribution in [0.25, 0.3) is 0 Å². The molecule has 2 rings (SSSR count). The molecule has 0 saturated carbocycles. The van der Waals surface area contributed by atoms with Crippen LogP contribution in [0.3, 0.4) is 0 Å². The first-order valence-corrected chi connectivity index (χ1v) is 7.41. The zero-order valence-electron chi connectivity index (χ0n) is 13.3. The van der Waals surface area contributed by atoms with Gasteiger partial charge in [0, 0.05) is 5.56 Å². The fourth-order valence-corrected chi connectivity index (χ4v) is 1.97. The highest BCUT2D eigenvalue weighted by molar-refractivity contribution is 5.94. The van der Waals surface area contributed by atoms with Crippen molar-refractivity contribution < 1.29 is 19.1 Å². The average molecular weight is 315 g/mol. The number of nitrogens with one attached hydrogen (secondary N) is 1. The van der Waals surface area contributed by atoms with Crippen molar-refractivity contribution in [3.8, 4) is 5.75 Å². The maximum atomic E-state index is 12.3. The van der Waals surface area contributed by atoms with E-state index in [1.807, 2.05) is 19.9 Å². The molecule has 0 aliphatic rings. The van der Waals surface area contributed by atoms with Crippen molar-refractivity contribution in [3.63, 3.8) is 0 Å². The Morgan fingerprint density at radius 3 is 2.83 bits per heavy atom. The van der Waals surface area contributed by atoms with E-state index in [2.05, 4.69) is 5.32 Å². The molecule has 5 heteroatoms. The van der Waals surface area contributed by atoms with Crippen molar-refractivity contribution in [2.45, 2.75) is 19.9 Å². The maximum Gasteiger partial charge on any atom is 0.252 e. The number of aliphatic hydroxyl groups excluding tert-OH is 1. The van der Waals surface area contributed by atoms with Crippen molar-refractivity contribution in [2.75, 3.05) is 13.2 Å². The van der Waals surface area contributed by atoms with Gasteiger partial charge in [0.05, 0.1) is 12.9 Å². The summed E-state index contributed by atoms with van der Waals surface area (Å²) < 4.78 is 10.8. The molecule has 1 heterocycles. The number of carbonyl (C=O) groups is 1. The van der Waals surface area contributed by atoms with Gasteiger partial charge < -0.3 is 19.6 Å². The third-order valence-corrected chi connectivity index (χ3v) is 3.21. The summed E-state index contributed by atoms with van der Waals surface area (Å²) in [6.45, 7) is 4.21. The molecule has 1 unspecified atom stereocenters. The van der Waals surface area contributed by atoms with Crippen LogP contribution in [0.4, 0.5) is 0 Å². The van der Waals surface area contributed by atoms with Crippen molar-refractivity contribution in [1.29, 1.82) is 0 Å². The van der Waals surface area contributed by atoms with Gasteiger partial charge in [0.25, 0.3) is 5.91 Å². The summed E-state index contributed by atoms with van der Waals surface area (Å²) in [5.74, 6) is 0.832. The highest BCUT2D eigenvalue weighted by Crippen LogP contribution is 2.16. The highest BCUT2D eigenvalue weighted by Gasteiger charge is 2.17. The largest absolute Gasteiger partial charge is 0.490 e. The molecule has 5 nitrogen and oxygen atoms in total. The Morgan fingerprint density at radius 2 is 2.17 bits per heavy atom. The van der Waals surface area contributed by atoms with Gasteiger partial charge in [0.1, 0.15) is 24.2 Å². The molecular formula is C18H21NO4. The van der Waals surface area contributed by atoms with Crippen molar-refractivity contribution >= 4 is 5.91 Å². The van der Waals surface area contributed by atoms with Gasteiger partial charge in [-0.3, -0.25) is 4.79 Å². The lowest BCUT2D eigenvalue weighted by Crippen LogP contribution is -2.30. The summed E-state index contributed by atoms with van der Waals surface area (Å²) in [6.07, 6.45) is 3.47. The van der Waals surface area contributed by atoms with Crippen molar-refractivity contribution in [1.82, 2.24) is 5.32 Å². The van der Waals surface area contributed by atoms with Crippen LogP contribution in [0, 0.1) is 0 Å². The number of allylic oxidation sites excluding steroid dienone is 1. The van der Waals surface area contributed by atoms with Crippen molar-refractivity contribution in [2.24, 2.45) is 0 Å². The van der Waals surface area contributed by atoms with Crippen LogP contribution in [-0.4, -0.2) is 24.2 Å². The van der Waals surface area contributed by atoms with E-state index in [0.717, 1.165) is 0 Å². The van der Waals surface area contributed by atoms with Gasteiger partial charge in [-0.05, 0) is 50.3 Å². The third-order valence-electron chi connectivity index (χ3n) is 3.21. The lowest BCUT2D eigenvalue weighted by Gasteiger charge is -2.14. The number of furan rings is 1. The number of ether oxygens (including phenoxy) is 1. The number of hydrogen-bond donors (Lipinski definition) is 2. The predicted octanol–water partition coefficient (Wildman–Crippen LogP) is 3.09. The van der Waals surface area contributed by atoms with Gasteiger partial charge in [-0.15, -0.1) is 0 Å². The lowest BCUT2D eigenvalue weighted by atomic mass is 10.1. The van der Waals surface area contributed by atoms with Crippen LogP contribution < -0.4 is 10.1 Å². The van der Waals surface area contributed by atoms with Crippen LogP contribution in [0.1, 0.15) is 36.0 Å². The monoisotopic (exact) mass is 315 g/mol. The van der Waals surface area contributed by atoms with Gasteiger partial charge in [-0.25, -0.2) is 0 Å². The van der Waals surface area contributed by atoms with Gasteiger partial charge in [-0.1, -0.05) is 11.6 Å². The van der Waals surface area contributed by atoms with E-state index in [9.17, 15) is 9.90 Å². The molecule has 0 saturated heterocycles.